The summed E-state index contributed by atoms with van der Waals surface area (Å²) in [5, 5.41) is 0. The van der Waals surface area contributed by atoms with E-state index in [1.54, 1.807) is 0 Å². The maximum Gasteiger partial charge on any atom is 0.223 e. The van der Waals surface area contributed by atoms with E-state index in [9.17, 15) is 0 Å². The van der Waals surface area contributed by atoms with Crippen molar-refractivity contribution in [2.24, 2.45) is 0 Å². The highest BCUT2D eigenvalue weighted by Gasteiger charge is 2.17. The molecule has 0 aliphatic heterocycles. The molecule has 0 radical (unpaired) electrons. The van der Waals surface area contributed by atoms with Gasteiger partial charge in [0, 0.05) is 0 Å². The molecule has 0 bridgehead atoms. The van der Waals surface area contributed by atoms with Gasteiger partial charge in [-0.25, -0.2) is 0 Å². The van der Waals surface area contributed by atoms with Crippen LogP contribution >= 0.6 is 26.4 Å². The molecule has 0 saturated carbocycles. The van der Waals surface area contributed by atoms with E-state index >= 15 is 0 Å². The van der Waals surface area contributed by atoms with Gasteiger partial charge in [0.15, 0.2) is 0 Å². The Bertz CT molecular complexity index is 59.9. The van der Waals surface area contributed by atoms with Gasteiger partial charge in [-0.3, -0.25) is 0 Å². The van der Waals surface area contributed by atoms with Crippen molar-refractivity contribution in [3.8, 4) is 0 Å². The molecule has 0 amide bonds. The maximum atomic E-state index is 5.97. The topological polar surface area (TPSA) is 0 Å². The highest BCUT2D eigenvalue weighted by molar-refractivity contribution is 9.27. The van der Waals surface area contributed by atoms with Gasteiger partial charge in [0.1, 0.15) is 0 Å². The second-order valence-electron chi connectivity index (χ2n) is 2.17. The quantitative estimate of drug-likeness (QED) is 0.499. The highest BCUT2D eigenvalue weighted by atomic mass is 79.9. The number of hydrogen-bond acceptors (Lipinski definition) is 0. The minimum absolute atomic E-state index is 1.19. The lowest BCUT2D eigenvalue weighted by Gasteiger charge is -2.07. The third kappa shape index (κ3) is 6.99. The minimum Gasteiger partial charge on any atom is -0.152 e. The SMILES string of the molecule is CCCC[Si](C)(Cl)Br. The molecule has 0 nitrogen and oxygen atoms in total. The molecular formula is C5H12BrClSi. The van der Waals surface area contributed by atoms with Crippen LogP contribution in [0.4, 0.5) is 0 Å². The zero-order valence-corrected chi connectivity index (χ0v) is 8.72. The predicted molar refractivity (Wildman–Crippen MR) is 46.1 cm³/mol. The van der Waals surface area contributed by atoms with Crippen LogP contribution in [-0.4, -0.2) is 6.00 Å². The summed E-state index contributed by atoms with van der Waals surface area (Å²) in [6.07, 6.45) is 2.51. The van der Waals surface area contributed by atoms with Crippen molar-refractivity contribution in [2.45, 2.75) is 32.4 Å². The lowest BCUT2D eigenvalue weighted by Crippen LogP contribution is -2.09. The Morgan fingerprint density at radius 3 is 2.25 bits per heavy atom. The summed E-state index contributed by atoms with van der Waals surface area (Å²) in [4.78, 5) is 0. The molecular weight excluding hydrogens is 203 g/mol. The van der Waals surface area contributed by atoms with Crippen LogP contribution in [0.25, 0.3) is 0 Å². The molecule has 50 valence electrons. The van der Waals surface area contributed by atoms with Gasteiger partial charge in [-0.1, -0.05) is 19.8 Å². The first-order valence-corrected chi connectivity index (χ1v) is 8.91. The molecule has 0 fully saturated rings. The number of halogens is 2. The van der Waals surface area contributed by atoms with E-state index in [0.29, 0.717) is 0 Å². The molecule has 3 heteroatoms. The molecule has 0 aromatic heterocycles. The zero-order chi connectivity index (χ0) is 6.62. The largest absolute Gasteiger partial charge is 0.223 e. The summed E-state index contributed by atoms with van der Waals surface area (Å²) >= 11 is 9.45. The lowest BCUT2D eigenvalue weighted by atomic mass is 10.4. The van der Waals surface area contributed by atoms with Crippen LogP contribution in [0.15, 0.2) is 0 Å². The lowest BCUT2D eigenvalue weighted by molar-refractivity contribution is 0.877. The summed E-state index contributed by atoms with van der Waals surface area (Å²) in [6, 6.07) is -0.208. The molecule has 0 aliphatic carbocycles. The molecule has 0 heterocycles. The Kier molecular flexibility index (Phi) is 4.39. The van der Waals surface area contributed by atoms with Crippen LogP contribution in [0.3, 0.4) is 0 Å². The second kappa shape index (κ2) is 3.91. The first-order valence-electron chi connectivity index (χ1n) is 2.94. The fourth-order valence-electron chi connectivity index (χ4n) is 0.487. The first kappa shape index (κ1) is 8.99. The van der Waals surface area contributed by atoms with Crippen LogP contribution in [0.2, 0.25) is 12.6 Å². The van der Waals surface area contributed by atoms with E-state index in [0.717, 1.165) is 0 Å². The Labute approximate surface area is 64.9 Å². The average molecular weight is 216 g/mol. The van der Waals surface area contributed by atoms with Crippen molar-refractivity contribution in [1.29, 1.82) is 0 Å². The van der Waals surface area contributed by atoms with Gasteiger partial charge in [-0.2, -0.15) is 11.1 Å². The first-order chi connectivity index (χ1) is 3.56. The van der Waals surface area contributed by atoms with Gasteiger partial charge in [0.2, 0.25) is 6.00 Å². The van der Waals surface area contributed by atoms with E-state index in [2.05, 4.69) is 28.8 Å². The fourth-order valence-corrected chi connectivity index (χ4v) is 2.70. The van der Waals surface area contributed by atoms with Crippen molar-refractivity contribution in [3.05, 3.63) is 0 Å². The third-order valence-corrected chi connectivity index (χ3v) is 3.96. The number of hydrogen-bond donors (Lipinski definition) is 0. The van der Waals surface area contributed by atoms with Gasteiger partial charge < -0.3 is 0 Å². The van der Waals surface area contributed by atoms with Gasteiger partial charge >= 0.3 is 0 Å². The highest BCUT2D eigenvalue weighted by Crippen LogP contribution is 2.24. The Morgan fingerprint density at radius 2 is 2.12 bits per heavy atom. The molecule has 0 rings (SSSR count). The van der Waals surface area contributed by atoms with Gasteiger partial charge in [-0.15, -0.1) is 15.3 Å². The van der Waals surface area contributed by atoms with Crippen LogP contribution in [0.5, 0.6) is 0 Å². The molecule has 0 N–H and O–H groups in total. The smallest absolute Gasteiger partial charge is 0.152 e. The van der Waals surface area contributed by atoms with Crippen LogP contribution in [0.1, 0.15) is 19.8 Å². The monoisotopic (exact) mass is 214 g/mol. The maximum absolute atomic E-state index is 5.97. The molecule has 0 saturated heterocycles. The molecule has 1 atom stereocenters. The van der Waals surface area contributed by atoms with Crippen molar-refractivity contribution < 1.29 is 0 Å². The summed E-state index contributed by atoms with van der Waals surface area (Å²) in [5.41, 5.74) is 0. The summed E-state index contributed by atoms with van der Waals surface area (Å²) in [5.74, 6) is 0. The molecule has 0 spiro atoms. The summed E-state index contributed by atoms with van der Waals surface area (Å²) < 4.78 is 0. The third-order valence-electron chi connectivity index (χ3n) is 0.969. The fraction of sp³-hybridized carbons (Fsp3) is 1.00. The Hall–Kier alpha value is 0.987. The van der Waals surface area contributed by atoms with Crippen LogP contribution in [0, 0.1) is 0 Å². The number of rotatable bonds is 3. The predicted octanol–water partition coefficient (Wildman–Crippen LogP) is 3.49. The van der Waals surface area contributed by atoms with E-state index in [-0.39, 0.29) is 0 Å². The molecule has 0 aliphatic rings. The van der Waals surface area contributed by atoms with Crippen molar-refractivity contribution in [1.82, 2.24) is 0 Å². The van der Waals surface area contributed by atoms with Gasteiger partial charge in [-0.05, 0) is 12.6 Å². The van der Waals surface area contributed by atoms with E-state index in [1.807, 2.05) is 0 Å². The molecule has 8 heavy (non-hydrogen) atoms. The summed E-state index contributed by atoms with van der Waals surface area (Å²) in [7, 11) is 0. The van der Waals surface area contributed by atoms with Crippen LogP contribution in [-0.2, 0) is 0 Å². The van der Waals surface area contributed by atoms with Gasteiger partial charge in [0.25, 0.3) is 0 Å². The standard InChI is InChI=1S/C5H12BrClSi/c1-3-4-5-8(2,6)7/h3-5H2,1-2H3. The van der Waals surface area contributed by atoms with Crippen molar-refractivity contribution >= 4 is 32.4 Å². The normalized spacial score (nSPS) is 18.0. The van der Waals surface area contributed by atoms with Gasteiger partial charge in [0.05, 0.1) is 0 Å². The van der Waals surface area contributed by atoms with E-state index in [1.165, 1.54) is 18.9 Å². The van der Waals surface area contributed by atoms with Crippen molar-refractivity contribution in [2.75, 3.05) is 0 Å². The Morgan fingerprint density at radius 1 is 1.62 bits per heavy atom. The second-order valence-corrected chi connectivity index (χ2v) is 13.9. The average Bonchev–Trinajstić information content (AvgIpc) is 1.59. The minimum atomic E-state index is -1.39. The summed E-state index contributed by atoms with van der Waals surface area (Å²) in [6.45, 7) is 4.30. The number of unbranched alkanes of at least 4 members (excludes halogenated alkanes) is 1. The zero-order valence-electron chi connectivity index (χ0n) is 5.38. The molecule has 0 aromatic rings. The molecule has 1 unspecified atom stereocenters. The van der Waals surface area contributed by atoms with Crippen LogP contribution < -0.4 is 0 Å². The molecule has 0 aromatic carbocycles. The van der Waals surface area contributed by atoms with E-state index < -0.39 is 6.00 Å². The van der Waals surface area contributed by atoms with E-state index in [4.69, 9.17) is 11.1 Å². The Balaban J connectivity index is 3.11. The van der Waals surface area contributed by atoms with Crippen molar-refractivity contribution in [3.63, 3.8) is 0 Å².